The van der Waals surface area contributed by atoms with Gasteiger partial charge in [0.2, 0.25) is 0 Å². The first-order valence-electron chi connectivity index (χ1n) is 9.29. The lowest BCUT2D eigenvalue weighted by molar-refractivity contribution is -0.137. The lowest BCUT2D eigenvalue weighted by Gasteiger charge is -2.19. The summed E-state index contributed by atoms with van der Waals surface area (Å²) in [4.78, 5) is 7.57. The Morgan fingerprint density at radius 2 is 1.77 bits per heavy atom. The molecule has 0 radical (unpaired) electrons. The van der Waals surface area contributed by atoms with Crippen LogP contribution in [0.2, 0.25) is 0 Å². The zero-order chi connectivity index (χ0) is 20.7. The number of pyridine rings is 1. The Labute approximate surface area is 169 Å². The van der Waals surface area contributed by atoms with Crippen LogP contribution in [0.3, 0.4) is 0 Å². The number of anilines is 2. The van der Waals surface area contributed by atoms with Crippen molar-refractivity contribution in [2.75, 3.05) is 18.5 Å². The number of rotatable bonds is 3. The first-order valence-corrected chi connectivity index (χ1v) is 9.29. The summed E-state index contributed by atoms with van der Waals surface area (Å²) in [6, 6.07) is 14.4. The van der Waals surface area contributed by atoms with Crippen molar-refractivity contribution >= 4 is 22.4 Å². The van der Waals surface area contributed by atoms with E-state index < -0.39 is 11.7 Å². The molecule has 0 aliphatic carbocycles. The topological polar surface area (TPSA) is 59.2 Å². The summed E-state index contributed by atoms with van der Waals surface area (Å²) >= 11 is 0. The zero-order valence-corrected chi connectivity index (χ0v) is 15.6. The molecule has 3 heterocycles. The van der Waals surface area contributed by atoms with Gasteiger partial charge in [-0.05, 0) is 35.9 Å². The van der Waals surface area contributed by atoms with Gasteiger partial charge >= 0.3 is 6.18 Å². The van der Waals surface area contributed by atoms with Crippen LogP contribution < -0.4 is 14.8 Å². The molecule has 0 atom stereocenters. The molecule has 30 heavy (non-hydrogen) atoms. The van der Waals surface area contributed by atoms with Crippen molar-refractivity contribution in [3.05, 3.63) is 66.4 Å². The number of H-pyrrole nitrogens is 1. The number of aromatic amines is 1. The fourth-order valence-electron chi connectivity index (χ4n) is 3.38. The van der Waals surface area contributed by atoms with Gasteiger partial charge in [0.15, 0.2) is 11.5 Å². The van der Waals surface area contributed by atoms with Crippen LogP contribution in [0.25, 0.3) is 22.2 Å². The van der Waals surface area contributed by atoms with E-state index in [9.17, 15) is 13.2 Å². The van der Waals surface area contributed by atoms with Crippen LogP contribution in [0.4, 0.5) is 24.7 Å². The molecule has 0 saturated heterocycles. The summed E-state index contributed by atoms with van der Waals surface area (Å²) < 4.78 is 50.1. The molecule has 0 amide bonds. The Balaban J connectivity index is 1.43. The lowest BCUT2D eigenvalue weighted by atomic mass is 10.1. The molecule has 2 aromatic carbocycles. The van der Waals surface area contributed by atoms with Crippen LogP contribution in [-0.2, 0) is 6.18 Å². The first-order chi connectivity index (χ1) is 14.5. The molecule has 0 spiro atoms. The predicted molar refractivity (Wildman–Crippen MR) is 107 cm³/mol. The second-order valence-electron chi connectivity index (χ2n) is 6.90. The quantitative estimate of drug-likeness (QED) is 0.450. The third-order valence-corrected chi connectivity index (χ3v) is 4.82. The van der Waals surface area contributed by atoms with Crippen molar-refractivity contribution in [1.82, 2.24) is 9.97 Å². The van der Waals surface area contributed by atoms with Crippen molar-refractivity contribution in [3.8, 4) is 22.8 Å². The lowest BCUT2D eigenvalue weighted by Crippen LogP contribution is -2.15. The molecule has 152 valence electrons. The molecule has 8 heteroatoms. The number of halogens is 3. The highest BCUT2D eigenvalue weighted by molar-refractivity contribution is 5.87. The number of nitrogens with zero attached hydrogens (tertiary/aromatic N) is 1. The summed E-state index contributed by atoms with van der Waals surface area (Å²) in [7, 11) is 0. The molecule has 2 N–H and O–H groups in total. The highest BCUT2D eigenvalue weighted by Crippen LogP contribution is 2.35. The highest BCUT2D eigenvalue weighted by atomic mass is 19.4. The fraction of sp³-hybridized carbons (Fsp3) is 0.136. The van der Waals surface area contributed by atoms with E-state index in [2.05, 4.69) is 15.3 Å². The van der Waals surface area contributed by atoms with Crippen LogP contribution in [-0.4, -0.2) is 23.2 Å². The maximum absolute atomic E-state index is 13.0. The van der Waals surface area contributed by atoms with Crippen molar-refractivity contribution in [1.29, 1.82) is 0 Å². The molecule has 0 unspecified atom stereocenters. The molecule has 1 aliphatic rings. The number of ether oxygens (including phenoxy) is 2. The molecule has 5 nitrogen and oxygen atoms in total. The smallest absolute Gasteiger partial charge is 0.416 e. The molecular weight excluding hydrogens is 395 g/mol. The molecule has 4 aromatic rings. The van der Waals surface area contributed by atoms with Gasteiger partial charge in [0, 0.05) is 35.1 Å². The van der Waals surface area contributed by atoms with Gasteiger partial charge in [0.1, 0.15) is 19.0 Å². The van der Waals surface area contributed by atoms with Crippen molar-refractivity contribution in [2.45, 2.75) is 6.18 Å². The Morgan fingerprint density at radius 1 is 0.933 bits per heavy atom. The highest BCUT2D eigenvalue weighted by Gasteiger charge is 2.30. The Hall–Kier alpha value is -3.68. The number of fused-ring (bicyclic) bond motifs is 2. The molecule has 0 bridgehead atoms. The molecular formula is C22H16F3N3O2. The Bertz CT molecular complexity index is 1230. The van der Waals surface area contributed by atoms with Crippen molar-refractivity contribution in [2.24, 2.45) is 0 Å². The number of aromatic nitrogens is 2. The summed E-state index contributed by atoms with van der Waals surface area (Å²) in [5.74, 6) is 1.96. The molecule has 0 saturated carbocycles. The molecule has 5 rings (SSSR count). The summed E-state index contributed by atoms with van der Waals surface area (Å²) in [5.41, 5.74) is 1.92. The first kappa shape index (κ1) is 18.4. The van der Waals surface area contributed by atoms with Crippen LogP contribution in [0.1, 0.15) is 5.56 Å². The summed E-state index contributed by atoms with van der Waals surface area (Å²) in [5, 5.41) is 4.01. The van der Waals surface area contributed by atoms with E-state index in [0.717, 1.165) is 28.7 Å². The van der Waals surface area contributed by atoms with Gasteiger partial charge in [0.05, 0.1) is 11.1 Å². The number of hydrogen-bond acceptors (Lipinski definition) is 4. The average molecular weight is 411 g/mol. The SMILES string of the molecule is FC(F)(F)c1cccc(-c2cc3cnc(Nc4ccc5c(c4)OCCO5)cc3[nH]2)c1. The van der Waals surface area contributed by atoms with Crippen molar-refractivity contribution < 1.29 is 22.6 Å². The minimum Gasteiger partial charge on any atom is -0.486 e. The monoisotopic (exact) mass is 411 g/mol. The summed E-state index contributed by atoms with van der Waals surface area (Å²) in [6.07, 6.45) is -2.71. The largest absolute Gasteiger partial charge is 0.486 e. The molecule has 1 aliphatic heterocycles. The maximum Gasteiger partial charge on any atom is 0.416 e. The van der Waals surface area contributed by atoms with E-state index >= 15 is 0 Å². The van der Waals surface area contributed by atoms with E-state index in [-0.39, 0.29) is 0 Å². The standard InChI is InChI=1S/C22H16F3N3O2/c23-22(24,25)15-3-1-2-13(8-15)17-9-14-12-26-21(11-18(14)28-17)27-16-4-5-19-20(10-16)30-7-6-29-19/h1-5,8-12,28H,6-7H2,(H,26,27). The van der Waals surface area contributed by atoms with E-state index in [4.69, 9.17) is 9.47 Å². The number of nitrogens with one attached hydrogen (secondary N) is 2. The Kier molecular flexibility index (Phi) is 4.27. The predicted octanol–water partition coefficient (Wildman–Crippen LogP) is 5.76. The third kappa shape index (κ3) is 3.52. The van der Waals surface area contributed by atoms with E-state index in [0.29, 0.717) is 41.8 Å². The number of hydrogen-bond donors (Lipinski definition) is 2. The molecule has 2 aromatic heterocycles. The second kappa shape index (κ2) is 6.98. The zero-order valence-electron chi connectivity index (χ0n) is 15.6. The van der Waals surface area contributed by atoms with Gasteiger partial charge in [-0.1, -0.05) is 12.1 Å². The van der Waals surface area contributed by atoms with Crippen LogP contribution in [0.5, 0.6) is 11.5 Å². The van der Waals surface area contributed by atoms with E-state index in [1.54, 1.807) is 18.3 Å². The van der Waals surface area contributed by atoms with Gasteiger partial charge in [-0.3, -0.25) is 0 Å². The minimum atomic E-state index is -4.38. The summed E-state index contributed by atoms with van der Waals surface area (Å²) in [6.45, 7) is 1.03. The van der Waals surface area contributed by atoms with Gasteiger partial charge in [-0.25, -0.2) is 4.98 Å². The van der Waals surface area contributed by atoms with E-state index in [1.165, 1.54) is 6.07 Å². The average Bonchev–Trinajstić information content (AvgIpc) is 3.17. The Morgan fingerprint density at radius 3 is 2.60 bits per heavy atom. The molecule has 0 fully saturated rings. The second-order valence-corrected chi connectivity index (χ2v) is 6.90. The van der Waals surface area contributed by atoms with Gasteiger partial charge in [0.25, 0.3) is 0 Å². The maximum atomic E-state index is 13.0. The van der Waals surface area contributed by atoms with E-state index in [1.807, 2.05) is 24.3 Å². The fourth-order valence-corrected chi connectivity index (χ4v) is 3.38. The van der Waals surface area contributed by atoms with Crippen molar-refractivity contribution in [3.63, 3.8) is 0 Å². The minimum absolute atomic E-state index is 0.461. The number of alkyl halides is 3. The number of benzene rings is 2. The third-order valence-electron chi connectivity index (χ3n) is 4.82. The van der Waals surface area contributed by atoms with Crippen LogP contribution >= 0.6 is 0 Å². The van der Waals surface area contributed by atoms with Gasteiger partial charge < -0.3 is 19.8 Å². The van der Waals surface area contributed by atoms with Crippen LogP contribution in [0, 0.1) is 0 Å². The normalized spacial score (nSPS) is 13.4. The van der Waals surface area contributed by atoms with Gasteiger partial charge in [-0.15, -0.1) is 0 Å². The van der Waals surface area contributed by atoms with Crippen LogP contribution in [0.15, 0.2) is 60.8 Å². The van der Waals surface area contributed by atoms with Gasteiger partial charge in [-0.2, -0.15) is 13.2 Å².